The summed E-state index contributed by atoms with van der Waals surface area (Å²) in [5.41, 5.74) is 2.42. The summed E-state index contributed by atoms with van der Waals surface area (Å²) < 4.78 is 5.77. The zero-order valence-corrected chi connectivity index (χ0v) is 12.1. The molecule has 2 nitrogen and oxygen atoms in total. The van der Waals surface area contributed by atoms with E-state index in [4.69, 9.17) is 4.74 Å². The molecule has 0 unspecified atom stereocenters. The monoisotopic (exact) mass is 267 g/mol. The highest BCUT2D eigenvalue weighted by molar-refractivity contribution is 5.80. The van der Waals surface area contributed by atoms with E-state index in [0.29, 0.717) is 6.61 Å². The number of aromatic amines is 1. The Bertz CT molecular complexity index is 628. The molecule has 3 rings (SSSR count). The van der Waals surface area contributed by atoms with E-state index in [1.165, 1.54) is 10.9 Å². The van der Waals surface area contributed by atoms with Crippen LogP contribution in [-0.2, 0) is 6.42 Å². The maximum Gasteiger partial charge on any atom is 0.121 e. The third kappa shape index (κ3) is 3.64. The summed E-state index contributed by atoms with van der Waals surface area (Å²) in [6.07, 6.45) is 2.88. The molecular weight excluding hydrogens is 246 g/mol. The fourth-order valence-corrected chi connectivity index (χ4v) is 2.05. The molecule has 0 saturated carbocycles. The molecule has 0 saturated heterocycles. The van der Waals surface area contributed by atoms with E-state index >= 15 is 0 Å². The van der Waals surface area contributed by atoms with Gasteiger partial charge in [-0.1, -0.05) is 44.2 Å². The van der Waals surface area contributed by atoms with Crippen LogP contribution in [0.2, 0.25) is 0 Å². The molecule has 1 aromatic heterocycles. The first-order chi connectivity index (χ1) is 9.92. The van der Waals surface area contributed by atoms with E-state index in [-0.39, 0.29) is 0 Å². The van der Waals surface area contributed by atoms with Gasteiger partial charge in [-0.2, -0.15) is 0 Å². The molecule has 1 heterocycles. The van der Waals surface area contributed by atoms with E-state index in [1.54, 1.807) is 0 Å². The Morgan fingerprint density at radius 2 is 1.75 bits per heavy atom. The minimum atomic E-state index is 0.705. The number of nitrogens with one attached hydrogen (secondary N) is 1. The Morgan fingerprint density at radius 1 is 0.950 bits per heavy atom. The first-order valence-corrected chi connectivity index (χ1v) is 7.16. The average Bonchev–Trinajstić information content (AvgIpc) is 2.98. The van der Waals surface area contributed by atoms with Crippen LogP contribution >= 0.6 is 0 Å². The lowest BCUT2D eigenvalue weighted by Gasteiger charge is -2.06. The van der Waals surface area contributed by atoms with E-state index in [9.17, 15) is 0 Å². The van der Waals surface area contributed by atoms with Crippen molar-refractivity contribution in [1.82, 2.24) is 4.98 Å². The van der Waals surface area contributed by atoms with Crippen molar-refractivity contribution in [3.05, 3.63) is 66.4 Å². The molecule has 104 valence electrons. The number of H-pyrrole nitrogens is 1. The van der Waals surface area contributed by atoms with Gasteiger partial charge < -0.3 is 9.72 Å². The number of hydrogen-bond donors (Lipinski definition) is 1. The maximum absolute atomic E-state index is 5.77. The molecule has 0 aliphatic heterocycles. The van der Waals surface area contributed by atoms with Gasteiger partial charge in [-0.25, -0.2) is 0 Å². The molecule has 2 heteroatoms. The van der Waals surface area contributed by atoms with Crippen LogP contribution in [0.15, 0.2) is 60.8 Å². The minimum Gasteiger partial charge on any atom is -0.493 e. The number of fused-ring (bicyclic) bond motifs is 1. The van der Waals surface area contributed by atoms with E-state index in [2.05, 4.69) is 41.4 Å². The van der Waals surface area contributed by atoms with Crippen LogP contribution in [0, 0.1) is 0 Å². The summed E-state index contributed by atoms with van der Waals surface area (Å²) in [7, 11) is 0. The van der Waals surface area contributed by atoms with Gasteiger partial charge in [0.05, 0.1) is 6.61 Å². The van der Waals surface area contributed by atoms with Crippen LogP contribution in [0.5, 0.6) is 5.75 Å². The van der Waals surface area contributed by atoms with Crippen LogP contribution in [0.25, 0.3) is 10.9 Å². The van der Waals surface area contributed by atoms with Crippen molar-refractivity contribution >= 4 is 10.9 Å². The highest BCUT2D eigenvalue weighted by Crippen LogP contribution is 2.19. The summed E-state index contributed by atoms with van der Waals surface area (Å²) in [4.78, 5) is 3.19. The second kappa shape index (κ2) is 7.39. The zero-order chi connectivity index (χ0) is 14.2. The van der Waals surface area contributed by atoms with Gasteiger partial charge in [-0.05, 0) is 29.1 Å². The van der Waals surface area contributed by atoms with Gasteiger partial charge in [0.2, 0.25) is 0 Å². The molecular formula is C18H21NO. The Kier molecular flexibility index (Phi) is 5.24. The SMILES string of the molecule is CC.c1ccc(CCOc2ccc3cc[nH]c3c2)cc1. The van der Waals surface area contributed by atoms with E-state index < -0.39 is 0 Å². The number of benzene rings is 2. The van der Waals surface area contributed by atoms with Crippen molar-refractivity contribution in [2.75, 3.05) is 6.61 Å². The van der Waals surface area contributed by atoms with Gasteiger partial charge >= 0.3 is 0 Å². The van der Waals surface area contributed by atoms with Crippen LogP contribution < -0.4 is 4.74 Å². The highest BCUT2D eigenvalue weighted by Gasteiger charge is 1.98. The van der Waals surface area contributed by atoms with Crippen molar-refractivity contribution in [2.24, 2.45) is 0 Å². The molecule has 0 aliphatic rings. The molecule has 3 aromatic rings. The third-order valence-corrected chi connectivity index (χ3v) is 3.03. The molecule has 0 bridgehead atoms. The third-order valence-electron chi connectivity index (χ3n) is 3.03. The lowest BCUT2D eigenvalue weighted by molar-refractivity contribution is 0.322. The molecule has 0 radical (unpaired) electrons. The van der Waals surface area contributed by atoms with Crippen molar-refractivity contribution in [1.29, 1.82) is 0 Å². The second-order valence-corrected chi connectivity index (χ2v) is 4.31. The van der Waals surface area contributed by atoms with E-state index in [1.807, 2.05) is 38.2 Å². The van der Waals surface area contributed by atoms with Crippen molar-refractivity contribution in [2.45, 2.75) is 20.3 Å². The van der Waals surface area contributed by atoms with Crippen molar-refractivity contribution < 1.29 is 4.74 Å². The topological polar surface area (TPSA) is 25.0 Å². The average molecular weight is 267 g/mol. The number of rotatable bonds is 4. The predicted molar refractivity (Wildman–Crippen MR) is 85.3 cm³/mol. The highest BCUT2D eigenvalue weighted by atomic mass is 16.5. The lowest BCUT2D eigenvalue weighted by Crippen LogP contribution is -2.00. The first kappa shape index (κ1) is 14.2. The zero-order valence-electron chi connectivity index (χ0n) is 12.1. The molecule has 2 aromatic carbocycles. The Labute approximate surface area is 120 Å². The number of ether oxygens (including phenoxy) is 1. The first-order valence-electron chi connectivity index (χ1n) is 7.16. The second-order valence-electron chi connectivity index (χ2n) is 4.31. The van der Waals surface area contributed by atoms with Gasteiger partial charge in [0.1, 0.15) is 5.75 Å². The van der Waals surface area contributed by atoms with Gasteiger partial charge in [-0.15, -0.1) is 0 Å². The summed E-state index contributed by atoms with van der Waals surface area (Å²) in [6, 6.07) is 18.6. The maximum atomic E-state index is 5.77. The fourth-order valence-electron chi connectivity index (χ4n) is 2.05. The summed E-state index contributed by atoms with van der Waals surface area (Å²) in [5, 5.41) is 1.21. The molecule has 1 N–H and O–H groups in total. The molecule has 0 fully saturated rings. The largest absolute Gasteiger partial charge is 0.493 e. The Morgan fingerprint density at radius 3 is 2.55 bits per heavy atom. The number of aromatic nitrogens is 1. The van der Waals surface area contributed by atoms with Gasteiger partial charge in [-0.3, -0.25) is 0 Å². The van der Waals surface area contributed by atoms with Gasteiger partial charge in [0.25, 0.3) is 0 Å². The van der Waals surface area contributed by atoms with Gasteiger partial charge in [0.15, 0.2) is 0 Å². The van der Waals surface area contributed by atoms with Crippen LogP contribution in [0.1, 0.15) is 19.4 Å². The number of hydrogen-bond acceptors (Lipinski definition) is 1. The molecule has 0 aliphatic carbocycles. The van der Waals surface area contributed by atoms with Gasteiger partial charge in [0, 0.05) is 24.2 Å². The molecule has 0 atom stereocenters. The summed E-state index contributed by atoms with van der Waals surface area (Å²) >= 11 is 0. The predicted octanol–water partition coefficient (Wildman–Crippen LogP) is 4.82. The minimum absolute atomic E-state index is 0.705. The van der Waals surface area contributed by atoms with E-state index in [0.717, 1.165) is 17.7 Å². The summed E-state index contributed by atoms with van der Waals surface area (Å²) in [6.45, 7) is 4.70. The Hall–Kier alpha value is -2.22. The molecule has 20 heavy (non-hydrogen) atoms. The van der Waals surface area contributed by atoms with Crippen LogP contribution in [0.4, 0.5) is 0 Å². The molecule has 0 spiro atoms. The standard InChI is InChI=1S/C16H15NO.C2H6/c1-2-4-13(5-3-1)9-11-18-15-7-6-14-8-10-17-16(14)12-15;1-2/h1-8,10,12,17H,9,11H2;1-2H3. The van der Waals surface area contributed by atoms with Crippen LogP contribution in [-0.4, -0.2) is 11.6 Å². The smallest absolute Gasteiger partial charge is 0.121 e. The van der Waals surface area contributed by atoms with Crippen molar-refractivity contribution in [3.63, 3.8) is 0 Å². The lowest BCUT2D eigenvalue weighted by atomic mass is 10.2. The van der Waals surface area contributed by atoms with Crippen LogP contribution in [0.3, 0.4) is 0 Å². The molecule has 0 amide bonds. The fraction of sp³-hybridized carbons (Fsp3) is 0.222. The quantitative estimate of drug-likeness (QED) is 0.720. The van der Waals surface area contributed by atoms with Crippen molar-refractivity contribution in [3.8, 4) is 5.75 Å². The normalized spacial score (nSPS) is 9.90. The Balaban J connectivity index is 0.000000704. The summed E-state index contributed by atoms with van der Waals surface area (Å²) in [5.74, 6) is 0.917.